The van der Waals surface area contributed by atoms with Crippen LogP contribution >= 0.6 is 0 Å². The molecule has 2 atom stereocenters. The Labute approximate surface area is 125 Å². The second kappa shape index (κ2) is 6.30. The van der Waals surface area contributed by atoms with Crippen LogP contribution in [0.2, 0.25) is 0 Å². The molecule has 1 heteroatoms. The largest absolute Gasteiger partial charge is 0.313 e. The van der Waals surface area contributed by atoms with Gasteiger partial charge in [0.15, 0.2) is 0 Å². The van der Waals surface area contributed by atoms with Gasteiger partial charge in [-0.1, -0.05) is 52.3 Å². The molecule has 1 N–H and O–H groups in total. The molecule has 20 heavy (non-hydrogen) atoms. The summed E-state index contributed by atoms with van der Waals surface area (Å²) in [5, 5.41) is 3.64. The Hall–Kier alpha value is -0.820. The first kappa shape index (κ1) is 15.6. The first-order valence-electron chi connectivity index (χ1n) is 8.32. The quantitative estimate of drug-likeness (QED) is 0.804. The smallest absolute Gasteiger partial charge is 0.0354 e. The number of hydrogen-bond acceptors (Lipinski definition) is 1. The fraction of sp³-hybridized carbons (Fsp3) is 0.684. The molecule has 0 saturated heterocycles. The van der Waals surface area contributed by atoms with Crippen LogP contribution in [0.1, 0.15) is 69.7 Å². The van der Waals surface area contributed by atoms with Gasteiger partial charge in [-0.15, -0.1) is 0 Å². The van der Waals surface area contributed by atoms with Crippen LogP contribution in [0.15, 0.2) is 18.2 Å². The van der Waals surface area contributed by atoms with Crippen LogP contribution in [0, 0.1) is 11.3 Å². The maximum absolute atomic E-state index is 3.64. The molecule has 0 amide bonds. The number of rotatable bonds is 5. The van der Waals surface area contributed by atoms with Crippen LogP contribution in [-0.2, 0) is 12.8 Å². The summed E-state index contributed by atoms with van der Waals surface area (Å²) in [6, 6.07) is 7.61. The molecule has 1 aliphatic rings. The molecule has 1 saturated carbocycles. The highest BCUT2D eigenvalue weighted by Crippen LogP contribution is 2.49. The topological polar surface area (TPSA) is 12.0 Å². The molecule has 0 spiro atoms. The van der Waals surface area contributed by atoms with E-state index in [9.17, 15) is 0 Å². The lowest BCUT2D eigenvalue weighted by Gasteiger charge is -2.35. The number of benzene rings is 1. The van der Waals surface area contributed by atoms with Crippen molar-refractivity contribution in [1.82, 2.24) is 5.32 Å². The van der Waals surface area contributed by atoms with E-state index in [0.717, 1.165) is 18.8 Å². The standard InChI is InChI=1S/C19H31N/c1-6-14-10-11-15(7-2)16(13-14)18(20-5)17-9-8-12-19(17,3)4/h10-11,13,17-18,20H,6-9,12H2,1-5H3. The van der Waals surface area contributed by atoms with Crippen LogP contribution in [0.5, 0.6) is 0 Å². The van der Waals surface area contributed by atoms with E-state index in [2.05, 4.69) is 58.3 Å². The fourth-order valence-corrected chi connectivity index (χ4v) is 4.02. The molecule has 1 nitrogen and oxygen atoms in total. The van der Waals surface area contributed by atoms with E-state index in [1.165, 1.54) is 30.4 Å². The normalized spacial score (nSPS) is 22.9. The monoisotopic (exact) mass is 273 g/mol. The summed E-state index contributed by atoms with van der Waals surface area (Å²) in [6.07, 6.45) is 6.36. The van der Waals surface area contributed by atoms with Gasteiger partial charge in [0, 0.05) is 6.04 Å². The van der Waals surface area contributed by atoms with Crippen LogP contribution in [0.3, 0.4) is 0 Å². The van der Waals surface area contributed by atoms with Crippen LogP contribution in [0.4, 0.5) is 0 Å². The molecule has 0 heterocycles. The van der Waals surface area contributed by atoms with E-state index in [1.54, 1.807) is 5.56 Å². The molecule has 0 bridgehead atoms. The average molecular weight is 273 g/mol. The molecule has 0 aliphatic heterocycles. The Morgan fingerprint density at radius 1 is 1.25 bits per heavy atom. The highest BCUT2D eigenvalue weighted by Gasteiger charge is 2.40. The molecule has 112 valence electrons. The molecule has 0 aromatic heterocycles. The van der Waals surface area contributed by atoms with E-state index in [4.69, 9.17) is 0 Å². The summed E-state index contributed by atoms with van der Waals surface area (Å²) < 4.78 is 0. The molecule has 0 radical (unpaired) electrons. The van der Waals surface area contributed by atoms with Crippen molar-refractivity contribution < 1.29 is 0 Å². The number of aryl methyl sites for hydroxylation is 2. The van der Waals surface area contributed by atoms with Crippen molar-refractivity contribution in [2.75, 3.05) is 7.05 Å². The third-order valence-corrected chi connectivity index (χ3v) is 5.39. The highest BCUT2D eigenvalue weighted by atomic mass is 14.9. The van der Waals surface area contributed by atoms with Gasteiger partial charge in [-0.3, -0.25) is 0 Å². The third kappa shape index (κ3) is 2.93. The lowest BCUT2D eigenvalue weighted by atomic mass is 9.74. The van der Waals surface area contributed by atoms with Crippen molar-refractivity contribution in [1.29, 1.82) is 0 Å². The Kier molecular flexibility index (Phi) is 4.90. The van der Waals surface area contributed by atoms with Crippen molar-refractivity contribution in [3.63, 3.8) is 0 Å². The van der Waals surface area contributed by atoms with E-state index in [1.807, 2.05) is 0 Å². The van der Waals surface area contributed by atoms with Crippen molar-refractivity contribution in [3.05, 3.63) is 34.9 Å². The summed E-state index contributed by atoms with van der Waals surface area (Å²) >= 11 is 0. The first-order chi connectivity index (χ1) is 9.53. The Balaban J connectivity index is 2.40. The maximum Gasteiger partial charge on any atom is 0.0354 e. The van der Waals surface area contributed by atoms with Crippen molar-refractivity contribution in [2.45, 2.75) is 65.8 Å². The summed E-state index contributed by atoms with van der Waals surface area (Å²) in [4.78, 5) is 0. The predicted molar refractivity (Wildman–Crippen MR) is 88.1 cm³/mol. The second-order valence-corrected chi connectivity index (χ2v) is 6.99. The van der Waals surface area contributed by atoms with Crippen molar-refractivity contribution >= 4 is 0 Å². The zero-order valence-electron chi connectivity index (χ0n) is 13.9. The van der Waals surface area contributed by atoms with Gasteiger partial charge in [-0.2, -0.15) is 0 Å². The van der Waals surface area contributed by atoms with E-state index >= 15 is 0 Å². The second-order valence-electron chi connectivity index (χ2n) is 6.99. The predicted octanol–water partition coefficient (Wildman–Crippen LogP) is 4.90. The van der Waals surface area contributed by atoms with Gasteiger partial charge in [0.25, 0.3) is 0 Å². The minimum absolute atomic E-state index is 0.459. The molecule has 2 rings (SSSR count). The molecule has 1 aromatic carbocycles. The molecular formula is C19H31N. The van der Waals surface area contributed by atoms with Gasteiger partial charge in [-0.25, -0.2) is 0 Å². The zero-order chi connectivity index (χ0) is 14.8. The summed E-state index contributed by atoms with van der Waals surface area (Å²) in [6.45, 7) is 9.42. The fourth-order valence-electron chi connectivity index (χ4n) is 4.02. The molecule has 2 unspecified atom stereocenters. The minimum atomic E-state index is 0.459. The van der Waals surface area contributed by atoms with Gasteiger partial charge in [0.2, 0.25) is 0 Å². The lowest BCUT2D eigenvalue weighted by molar-refractivity contribution is 0.203. The van der Waals surface area contributed by atoms with E-state index in [0.29, 0.717) is 11.5 Å². The van der Waals surface area contributed by atoms with Gasteiger partial charge < -0.3 is 5.32 Å². The molecule has 1 aromatic rings. The van der Waals surface area contributed by atoms with Gasteiger partial charge in [0.05, 0.1) is 0 Å². The van der Waals surface area contributed by atoms with Crippen molar-refractivity contribution in [2.24, 2.45) is 11.3 Å². The van der Waals surface area contributed by atoms with Gasteiger partial charge >= 0.3 is 0 Å². The highest BCUT2D eigenvalue weighted by molar-refractivity contribution is 5.35. The zero-order valence-corrected chi connectivity index (χ0v) is 13.9. The van der Waals surface area contributed by atoms with Crippen LogP contribution in [-0.4, -0.2) is 7.05 Å². The Bertz CT molecular complexity index is 447. The van der Waals surface area contributed by atoms with Crippen molar-refractivity contribution in [3.8, 4) is 0 Å². The molecule has 1 fully saturated rings. The van der Waals surface area contributed by atoms with E-state index < -0.39 is 0 Å². The lowest BCUT2D eigenvalue weighted by Crippen LogP contribution is -2.32. The Morgan fingerprint density at radius 2 is 2.00 bits per heavy atom. The first-order valence-corrected chi connectivity index (χ1v) is 8.32. The van der Waals surface area contributed by atoms with Crippen LogP contribution in [0.25, 0.3) is 0 Å². The summed E-state index contributed by atoms with van der Waals surface area (Å²) in [5.41, 5.74) is 4.99. The van der Waals surface area contributed by atoms with E-state index in [-0.39, 0.29) is 0 Å². The summed E-state index contributed by atoms with van der Waals surface area (Å²) in [5.74, 6) is 0.755. The van der Waals surface area contributed by atoms with Gasteiger partial charge in [0.1, 0.15) is 0 Å². The molecule has 1 aliphatic carbocycles. The number of hydrogen-bond donors (Lipinski definition) is 1. The molecular weight excluding hydrogens is 242 g/mol. The number of nitrogens with one attached hydrogen (secondary N) is 1. The average Bonchev–Trinajstić information content (AvgIpc) is 2.79. The summed E-state index contributed by atoms with van der Waals surface area (Å²) in [7, 11) is 2.14. The van der Waals surface area contributed by atoms with Crippen LogP contribution < -0.4 is 5.32 Å². The maximum atomic E-state index is 3.64. The minimum Gasteiger partial charge on any atom is -0.313 e. The SMILES string of the molecule is CCc1ccc(CC)c(C(NC)C2CCCC2(C)C)c1. The third-order valence-electron chi connectivity index (χ3n) is 5.39. The van der Waals surface area contributed by atoms with Gasteiger partial charge in [-0.05, 0) is 60.8 Å². The Morgan fingerprint density at radius 3 is 2.50 bits per heavy atom.